The standard InChI is InChI=1S/C10H13FN2O6/c1-4-2-12(10(18)13(11)8(4)17)9-7(16)6(15)5(3-14)19-9/h2,5-7,9,14-16H,3H2,1H3/t5-,6-,7+,9-/m1/s1. The lowest BCUT2D eigenvalue weighted by atomic mass is 10.1. The molecule has 2 heterocycles. The van der Waals surface area contributed by atoms with Crippen molar-refractivity contribution in [3.8, 4) is 0 Å². The van der Waals surface area contributed by atoms with E-state index < -0.39 is 47.2 Å². The van der Waals surface area contributed by atoms with E-state index in [1.165, 1.54) is 6.92 Å². The van der Waals surface area contributed by atoms with Crippen LogP contribution in [-0.4, -0.2) is 49.6 Å². The zero-order chi connectivity index (χ0) is 14.3. The maximum Gasteiger partial charge on any atom is 0.362 e. The van der Waals surface area contributed by atoms with Gasteiger partial charge in [0.05, 0.1) is 6.61 Å². The van der Waals surface area contributed by atoms with Crippen molar-refractivity contribution >= 4 is 0 Å². The lowest BCUT2D eigenvalue weighted by Gasteiger charge is -2.17. The van der Waals surface area contributed by atoms with E-state index >= 15 is 0 Å². The minimum absolute atomic E-state index is 0.0696. The Bertz CT molecular complexity index is 597. The molecule has 1 aromatic rings. The van der Waals surface area contributed by atoms with E-state index in [0.29, 0.717) is 4.57 Å². The monoisotopic (exact) mass is 276 g/mol. The van der Waals surface area contributed by atoms with Crippen LogP contribution in [0.4, 0.5) is 4.48 Å². The molecule has 106 valence electrons. The lowest BCUT2D eigenvalue weighted by Crippen LogP contribution is -2.41. The third kappa shape index (κ3) is 2.10. The number of ether oxygens (including phenoxy) is 1. The zero-order valence-electron chi connectivity index (χ0n) is 9.93. The summed E-state index contributed by atoms with van der Waals surface area (Å²) in [4.78, 5) is 22.2. The second-order valence-corrected chi connectivity index (χ2v) is 4.32. The third-order valence-corrected chi connectivity index (χ3v) is 3.03. The van der Waals surface area contributed by atoms with E-state index in [0.717, 1.165) is 6.20 Å². The van der Waals surface area contributed by atoms with Crippen molar-refractivity contribution in [2.45, 2.75) is 31.5 Å². The molecule has 0 amide bonds. The predicted molar refractivity (Wildman–Crippen MR) is 59.2 cm³/mol. The molecule has 1 saturated heterocycles. The van der Waals surface area contributed by atoms with E-state index in [-0.39, 0.29) is 5.56 Å². The summed E-state index contributed by atoms with van der Waals surface area (Å²) in [5, 5.41) is 28.2. The molecule has 0 unspecified atom stereocenters. The van der Waals surface area contributed by atoms with Gasteiger partial charge in [0.2, 0.25) is 0 Å². The van der Waals surface area contributed by atoms with Gasteiger partial charge in [-0.15, -0.1) is 0 Å². The summed E-state index contributed by atoms with van der Waals surface area (Å²) >= 11 is 0. The predicted octanol–water partition coefficient (Wildman–Crippen LogP) is -2.34. The molecule has 1 fully saturated rings. The number of halogens is 1. The van der Waals surface area contributed by atoms with Crippen LogP contribution in [0, 0.1) is 6.92 Å². The fraction of sp³-hybridized carbons (Fsp3) is 0.600. The first-order valence-electron chi connectivity index (χ1n) is 5.52. The number of nitrogens with zero attached hydrogens (tertiary/aromatic N) is 2. The minimum Gasteiger partial charge on any atom is -0.394 e. The molecule has 0 spiro atoms. The fourth-order valence-corrected chi connectivity index (χ4v) is 1.95. The molecule has 3 N–H and O–H groups in total. The number of aromatic nitrogens is 2. The Morgan fingerprint density at radius 2 is 2.00 bits per heavy atom. The quantitative estimate of drug-likeness (QED) is 0.558. The fourth-order valence-electron chi connectivity index (χ4n) is 1.95. The molecule has 1 aliphatic heterocycles. The number of aliphatic hydroxyl groups excluding tert-OH is 3. The highest BCUT2D eigenvalue weighted by molar-refractivity contribution is 5.03. The molecule has 4 atom stereocenters. The summed E-state index contributed by atoms with van der Waals surface area (Å²) in [7, 11) is 0. The Balaban J connectivity index is 2.50. The van der Waals surface area contributed by atoms with Crippen molar-refractivity contribution in [1.29, 1.82) is 0 Å². The average molecular weight is 276 g/mol. The molecule has 1 aromatic heterocycles. The summed E-state index contributed by atoms with van der Waals surface area (Å²) in [5.41, 5.74) is -2.50. The number of aliphatic hydroxyl groups is 3. The van der Waals surface area contributed by atoms with Gasteiger partial charge in [0, 0.05) is 11.8 Å². The third-order valence-electron chi connectivity index (χ3n) is 3.03. The van der Waals surface area contributed by atoms with Crippen LogP contribution in [0.1, 0.15) is 11.8 Å². The van der Waals surface area contributed by atoms with Gasteiger partial charge in [0.25, 0.3) is 5.56 Å². The number of rotatable bonds is 2. The molecule has 19 heavy (non-hydrogen) atoms. The zero-order valence-corrected chi connectivity index (χ0v) is 9.93. The van der Waals surface area contributed by atoms with Gasteiger partial charge in [-0.1, -0.05) is 9.27 Å². The Morgan fingerprint density at radius 1 is 1.37 bits per heavy atom. The second-order valence-electron chi connectivity index (χ2n) is 4.32. The van der Waals surface area contributed by atoms with Crippen LogP contribution in [0.2, 0.25) is 0 Å². The highest BCUT2D eigenvalue weighted by atomic mass is 19.2. The van der Waals surface area contributed by atoms with Crippen molar-refractivity contribution < 1.29 is 24.5 Å². The molecule has 0 aromatic carbocycles. The Kier molecular flexibility index (Phi) is 3.54. The molecule has 2 rings (SSSR count). The molecule has 0 saturated carbocycles. The number of hydrogen-bond donors (Lipinski definition) is 3. The highest BCUT2D eigenvalue weighted by Gasteiger charge is 2.44. The topological polar surface area (TPSA) is 114 Å². The van der Waals surface area contributed by atoms with Crippen molar-refractivity contribution in [2.24, 2.45) is 0 Å². The van der Waals surface area contributed by atoms with Gasteiger partial charge < -0.3 is 20.1 Å². The molecule has 9 heteroatoms. The van der Waals surface area contributed by atoms with Crippen LogP contribution in [0.3, 0.4) is 0 Å². The van der Waals surface area contributed by atoms with Crippen molar-refractivity contribution in [3.63, 3.8) is 0 Å². The first-order chi connectivity index (χ1) is 8.88. The highest BCUT2D eigenvalue weighted by Crippen LogP contribution is 2.27. The molecular formula is C10H13FN2O6. The van der Waals surface area contributed by atoms with E-state index in [4.69, 9.17) is 9.84 Å². The van der Waals surface area contributed by atoms with E-state index in [1.54, 1.807) is 0 Å². The Hall–Kier alpha value is -1.55. The smallest absolute Gasteiger partial charge is 0.362 e. The summed E-state index contributed by atoms with van der Waals surface area (Å²) in [6, 6.07) is 0. The van der Waals surface area contributed by atoms with Gasteiger partial charge in [-0.25, -0.2) is 4.79 Å². The molecule has 0 bridgehead atoms. The summed E-state index contributed by atoms with van der Waals surface area (Å²) in [6.45, 7) is 0.716. The van der Waals surface area contributed by atoms with Crippen molar-refractivity contribution in [1.82, 2.24) is 9.36 Å². The lowest BCUT2D eigenvalue weighted by molar-refractivity contribution is -0.0566. The Morgan fingerprint density at radius 3 is 2.53 bits per heavy atom. The van der Waals surface area contributed by atoms with Gasteiger partial charge in [0.15, 0.2) is 6.23 Å². The van der Waals surface area contributed by atoms with Crippen LogP contribution < -0.4 is 11.2 Å². The average Bonchev–Trinajstić information content (AvgIpc) is 2.68. The maximum absolute atomic E-state index is 13.3. The summed E-state index contributed by atoms with van der Waals surface area (Å²) in [6.07, 6.45) is -4.37. The van der Waals surface area contributed by atoms with Gasteiger partial charge >= 0.3 is 5.69 Å². The van der Waals surface area contributed by atoms with Crippen molar-refractivity contribution in [2.75, 3.05) is 6.61 Å². The normalized spacial score (nSPS) is 30.8. The minimum atomic E-state index is -1.52. The first kappa shape index (κ1) is 13.9. The van der Waals surface area contributed by atoms with Gasteiger partial charge in [-0.2, -0.15) is 0 Å². The van der Waals surface area contributed by atoms with Gasteiger partial charge in [-0.05, 0) is 6.92 Å². The van der Waals surface area contributed by atoms with E-state index in [9.17, 15) is 24.3 Å². The summed E-state index contributed by atoms with van der Waals surface area (Å²) < 4.78 is 19.1. The number of aryl methyl sites for hydroxylation is 1. The molecule has 8 nitrogen and oxygen atoms in total. The van der Waals surface area contributed by atoms with Crippen molar-refractivity contribution in [3.05, 3.63) is 32.6 Å². The number of hydrogen-bond acceptors (Lipinski definition) is 6. The van der Waals surface area contributed by atoms with Crippen LogP contribution in [0.25, 0.3) is 0 Å². The molecule has 0 aliphatic carbocycles. The summed E-state index contributed by atoms with van der Waals surface area (Å²) in [5.74, 6) is 0. The molecule has 0 radical (unpaired) electrons. The molecular weight excluding hydrogens is 263 g/mol. The van der Waals surface area contributed by atoms with E-state index in [1.807, 2.05) is 0 Å². The second kappa shape index (κ2) is 4.85. The van der Waals surface area contributed by atoms with Crippen LogP contribution >= 0.6 is 0 Å². The first-order valence-corrected chi connectivity index (χ1v) is 5.52. The Labute approximate surface area is 105 Å². The van der Waals surface area contributed by atoms with Crippen LogP contribution in [0.5, 0.6) is 0 Å². The van der Waals surface area contributed by atoms with Gasteiger partial charge in [0.1, 0.15) is 18.3 Å². The van der Waals surface area contributed by atoms with Crippen LogP contribution in [0.15, 0.2) is 15.8 Å². The maximum atomic E-state index is 13.3. The largest absolute Gasteiger partial charge is 0.394 e. The SMILES string of the molecule is Cc1cn([C@@H]2O[C@H](CO)[C@@H](O)[C@@H]2O)c(=O)n(F)c1=O. The van der Waals surface area contributed by atoms with Gasteiger partial charge in [-0.3, -0.25) is 9.36 Å². The van der Waals surface area contributed by atoms with E-state index in [2.05, 4.69) is 0 Å². The van der Waals surface area contributed by atoms with Crippen LogP contribution in [-0.2, 0) is 4.74 Å². The molecule has 1 aliphatic rings.